The lowest BCUT2D eigenvalue weighted by Crippen LogP contribution is -2.38. The van der Waals surface area contributed by atoms with Crippen LogP contribution in [-0.2, 0) is 6.54 Å². The number of hydrogen-bond donors (Lipinski definition) is 1. The van der Waals surface area contributed by atoms with Crippen molar-refractivity contribution in [3.8, 4) is 11.5 Å². The Morgan fingerprint density at radius 1 is 1.11 bits per heavy atom. The van der Waals surface area contributed by atoms with Gasteiger partial charge in [0.1, 0.15) is 11.5 Å². The zero-order valence-electron chi connectivity index (χ0n) is 16.7. The molecule has 1 fully saturated rings. The summed E-state index contributed by atoms with van der Waals surface area (Å²) in [5.41, 5.74) is 3.33. The molecule has 2 aliphatic rings. The number of piperidine rings is 1. The van der Waals surface area contributed by atoms with Crippen LogP contribution in [-0.4, -0.2) is 28.9 Å². The number of carbonyl (C=O) groups excluding carboxylic acids is 1. The van der Waals surface area contributed by atoms with Crippen molar-refractivity contribution in [2.75, 3.05) is 13.1 Å². The first kappa shape index (κ1) is 18.8. The highest BCUT2D eigenvalue weighted by atomic mass is 16.5. The smallest absolute Gasteiger partial charge is 0.231 e. The number of Topliss-reactive ketones (excluding diaryl/α,β-unsaturated/α-hetero) is 1. The number of phenols is 1. The molecule has 0 amide bonds. The Balaban J connectivity index is 1.63. The van der Waals surface area contributed by atoms with Crippen LogP contribution in [0.3, 0.4) is 0 Å². The van der Waals surface area contributed by atoms with E-state index in [2.05, 4.69) is 18.7 Å². The maximum atomic E-state index is 12.8. The van der Waals surface area contributed by atoms with Gasteiger partial charge in [0.25, 0.3) is 0 Å². The lowest BCUT2D eigenvalue weighted by molar-refractivity contribution is 0.101. The Morgan fingerprint density at radius 3 is 2.46 bits per heavy atom. The molecule has 0 aromatic heterocycles. The fraction of sp³-hybridized carbons (Fsp3) is 0.375. The van der Waals surface area contributed by atoms with Crippen LogP contribution >= 0.6 is 0 Å². The molecule has 2 aromatic rings. The first-order chi connectivity index (χ1) is 13.4. The summed E-state index contributed by atoms with van der Waals surface area (Å²) in [7, 11) is 0. The zero-order valence-corrected chi connectivity index (χ0v) is 16.7. The van der Waals surface area contributed by atoms with Gasteiger partial charge in [0.15, 0.2) is 5.76 Å². The molecule has 0 aliphatic carbocycles. The van der Waals surface area contributed by atoms with Gasteiger partial charge in [-0.05, 0) is 49.0 Å². The number of nitrogens with zero attached hydrogens (tertiary/aromatic N) is 1. The van der Waals surface area contributed by atoms with Crippen LogP contribution in [0.25, 0.3) is 6.08 Å². The van der Waals surface area contributed by atoms with Gasteiger partial charge in [-0.3, -0.25) is 9.69 Å². The number of aryl methyl sites for hydroxylation is 1. The second-order valence-corrected chi connectivity index (χ2v) is 8.43. The highest BCUT2D eigenvalue weighted by molar-refractivity contribution is 6.15. The number of ether oxygens (including phenoxy) is 1. The van der Waals surface area contributed by atoms with Gasteiger partial charge in [-0.2, -0.15) is 0 Å². The van der Waals surface area contributed by atoms with Crippen LogP contribution < -0.4 is 4.74 Å². The number of carbonyl (C=O) groups is 1. The van der Waals surface area contributed by atoms with Crippen molar-refractivity contribution in [3.05, 3.63) is 64.4 Å². The number of aromatic hydroxyl groups is 1. The van der Waals surface area contributed by atoms with Crippen LogP contribution in [0.4, 0.5) is 0 Å². The third-order valence-corrected chi connectivity index (χ3v) is 5.62. The van der Waals surface area contributed by atoms with E-state index in [1.54, 1.807) is 18.2 Å². The van der Waals surface area contributed by atoms with Crippen LogP contribution in [0.2, 0.25) is 0 Å². The predicted octanol–water partition coefficient (Wildman–Crippen LogP) is 4.79. The maximum absolute atomic E-state index is 12.8. The lowest BCUT2D eigenvalue weighted by Gasteiger charge is -2.35. The highest BCUT2D eigenvalue weighted by Crippen LogP contribution is 2.40. The van der Waals surface area contributed by atoms with Crippen LogP contribution in [0.1, 0.15) is 47.3 Å². The summed E-state index contributed by atoms with van der Waals surface area (Å²) in [6, 6.07) is 11.2. The maximum Gasteiger partial charge on any atom is 0.231 e. The van der Waals surface area contributed by atoms with E-state index in [4.69, 9.17) is 4.74 Å². The minimum absolute atomic E-state index is 0.128. The number of fused-ring (bicyclic) bond motifs is 1. The molecule has 4 heteroatoms. The van der Waals surface area contributed by atoms with Gasteiger partial charge in [-0.15, -0.1) is 0 Å². The monoisotopic (exact) mass is 377 g/mol. The summed E-state index contributed by atoms with van der Waals surface area (Å²) in [5, 5.41) is 10.5. The van der Waals surface area contributed by atoms with Crippen molar-refractivity contribution in [1.29, 1.82) is 0 Å². The average molecular weight is 377 g/mol. The molecular weight excluding hydrogens is 350 g/mol. The molecule has 2 atom stereocenters. The molecule has 0 radical (unpaired) electrons. The van der Waals surface area contributed by atoms with Crippen LogP contribution in [0.15, 0.2) is 42.2 Å². The number of likely N-dealkylation sites (tertiary alicyclic amines) is 1. The number of allylic oxidation sites excluding steroid dienone is 1. The molecule has 146 valence electrons. The number of phenolic OH excluding ortho intramolecular Hbond substituents is 1. The minimum atomic E-state index is -0.128. The average Bonchev–Trinajstić information content (AvgIpc) is 2.95. The predicted molar refractivity (Wildman–Crippen MR) is 110 cm³/mol. The number of rotatable bonds is 3. The molecule has 0 saturated carbocycles. The molecule has 2 unspecified atom stereocenters. The lowest BCUT2D eigenvalue weighted by atomic mass is 9.91. The SMILES string of the molecule is Cc1ccc(/C=C2/Oc3c(ccc(O)c3CN3CC(C)CC(C)C3)C2=O)cc1. The molecule has 0 bridgehead atoms. The largest absolute Gasteiger partial charge is 0.507 e. The molecule has 0 spiro atoms. The molecule has 1 saturated heterocycles. The van der Waals surface area contributed by atoms with Crippen molar-refractivity contribution in [3.63, 3.8) is 0 Å². The summed E-state index contributed by atoms with van der Waals surface area (Å²) in [5.74, 6) is 2.14. The van der Waals surface area contributed by atoms with Crippen molar-refractivity contribution in [2.24, 2.45) is 11.8 Å². The van der Waals surface area contributed by atoms with E-state index in [0.717, 1.165) is 18.7 Å². The summed E-state index contributed by atoms with van der Waals surface area (Å²) in [4.78, 5) is 15.2. The molecule has 1 N–H and O–H groups in total. The number of benzene rings is 2. The summed E-state index contributed by atoms with van der Waals surface area (Å²) >= 11 is 0. The Kier molecular flexibility index (Phi) is 4.98. The molecule has 4 rings (SSSR count). The number of hydrogen-bond acceptors (Lipinski definition) is 4. The quantitative estimate of drug-likeness (QED) is 0.781. The standard InChI is InChI=1S/C24H27NO3/c1-15-4-6-18(7-5-15)11-22-23(27)19-8-9-21(26)20(24(19)28-22)14-25-12-16(2)10-17(3)13-25/h4-9,11,16-17,26H,10,12-14H2,1-3H3/b22-11+. The van der Waals surface area contributed by atoms with E-state index in [1.165, 1.54) is 12.0 Å². The minimum Gasteiger partial charge on any atom is -0.507 e. The van der Waals surface area contributed by atoms with Gasteiger partial charge >= 0.3 is 0 Å². The first-order valence-electron chi connectivity index (χ1n) is 9.99. The van der Waals surface area contributed by atoms with Gasteiger partial charge in [0.05, 0.1) is 11.1 Å². The van der Waals surface area contributed by atoms with Gasteiger partial charge in [0, 0.05) is 19.6 Å². The topological polar surface area (TPSA) is 49.8 Å². The molecule has 28 heavy (non-hydrogen) atoms. The Morgan fingerprint density at radius 2 is 1.79 bits per heavy atom. The Bertz CT molecular complexity index is 920. The van der Waals surface area contributed by atoms with Crippen molar-refractivity contribution in [1.82, 2.24) is 4.90 Å². The second-order valence-electron chi connectivity index (χ2n) is 8.43. The van der Waals surface area contributed by atoms with E-state index in [1.807, 2.05) is 31.2 Å². The van der Waals surface area contributed by atoms with E-state index >= 15 is 0 Å². The van der Waals surface area contributed by atoms with E-state index < -0.39 is 0 Å². The van der Waals surface area contributed by atoms with Crippen molar-refractivity contribution in [2.45, 2.75) is 33.7 Å². The van der Waals surface area contributed by atoms with Gasteiger partial charge < -0.3 is 9.84 Å². The van der Waals surface area contributed by atoms with Crippen molar-refractivity contribution < 1.29 is 14.6 Å². The zero-order chi connectivity index (χ0) is 19.8. The number of ketones is 1. The Labute approximate surface area is 166 Å². The molecule has 4 nitrogen and oxygen atoms in total. The van der Waals surface area contributed by atoms with Gasteiger partial charge in [0.2, 0.25) is 5.78 Å². The summed E-state index contributed by atoms with van der Waals surface area (Å²) < 4.78 is 5.99. The van der Waals surface area contributed by atoms with E-state index in [-0.39, 0.29) is 11.5 Å². The van der Waals surface area contributed by atoms with E-state index in [9.17, 15) is 9.90 Å². The molecule has 2 heterocycles. The highest BCUT2D eigenvalue weighted by Gasteiger charge is 2.32. The third kappa shape index (κ3) is 3.69. The van der Waals surface area contributed by atoms with E-state index in [0.29, 0.717) is 41.0 Å². The normalized spacial score (nSPS) is 23.7. The fourth-order valence-electron chi connectivity index (χ4n) is 4.41. The molecular formula is C24H27NO3. The fourth-order valence-corrected chi connectivity index (χ4v) is 4.41. The van der Waals surface area contributed by atoms with Crippen molar-refractivity contribution >= 4 is 11.9 Å². The Hall–Kier alpha value is -2.59. The molecule has 2 aliphatic heterocycles. The van der Waals surface area contributed by atoms with Crippen LogP contribution in [0, 0.1) is 18.8 Å². The summed E-state index contributed by atoms with van der Waals surface area (Å²) in [6.45, 7) is 9.14. The first-order valence-corrected chi connectivity index (χ1v) is 9.99. The summed E-state index contributed by atoms with van der Waals surface area (Å²) in [6.07, 6.45) is 3.00. The third-order valence-electron chi connectivity index (χ3n) is 5.62. The van der Waals surface area contributed by atoms with Crippen LogP contribution in [0.5, 0.6) is 11.5 Å². The molecule has 2 aromatic carbocycles. The van der Waals surface area contributed by atoms with Gasteiger partial charge in [-0.25, -0.2) is 0 Å². The second kappa shape index (κ2) is 7.44. The van der Waals surface area contributed by atoms with Gasteiger partial charge in [-0.1, -0.05) is 43.7 Å².